The van der Waals surface area contributed by atoms with Gasteiger partial charge >= 0.3 is 5.97 Å². The van der Waals surface area contributed by atoms with Gasteiger partial charge in [0.2, 0.25) is 5.91 Å². The van der Waals surface area contributed by atoms with E-state index < -0.39 is 61.1 Å². The van der Waals surface area contributed by atoms with Crippen LogP contribution in [0.25, 0.3) is 0 Å². The van der Waals surface area contributed by atoms with Crippen molar-refractivity contribution in [3.05, 3.63) is 0 Å². The van der Waals surface area contributed by atoms with Crippen molar-refractivity contribution < 1.29 is 45.0 Å². The fourth-order valence-electron chi connectivity index (χ4n) is 2.14. The number of rotatable bonds is 5. The quantitative estimate of drug-likeness (QED) is 0.268. The van der Waals surface area contributed by atoms with E-state index in [9.17, 15) is 30.0 Å². The van der Waals surface area contributed by atoms with Gasteiger partial charge < -0.3 is 40.7 Å². The molecule has 0 aromatic carbocycles. The fraction of sp³-hybridized carbons (Fsp3) is 0.818. The number of carbonyl (C=O) groups is 2. The van der Waals surface area contributed by atoms with Gasteiger partial charge in [0.05, 0.1) is 18.8 Å². The molecule has 21 heavy (non-hydrogen) atoms. The molecule has 1 fully saturated rings. The second-order valence-electron chi connectivity index (χ2n) is 4.91. The van der Waals surface area contributed by atoms with Gasteiger partial charge in [0.25, 0.3) is 5.79 Å². The van der Waals surface area contributed by atoms with Gasteiger partial charge in [0.15, 0.2) is 0 Å². The molecular weight excluding hydrogens is 290 g/mol. The highest BCUT2D eigenvalue weighted by molar-refractivity contribution is 5.76. The second kappa shape index (κ2) is 6.64. The Morgan fingerprint density at radius 1 is 1.43 bits per heavy atom. The van der Waals surface area contributed by atoms with E-state index in [4.69, 9.17) is 14.9 Å². The number of amides is 1. The number of aliphatic hydroxyl groups excluding tert-OH is 4. The number of hydrogen-bond donors (Lipinski definition) is 7. The Bertz CT molecular complexity index is 403. The van der Waals surface area contributed by atoms with E-state index in [-0.39, 0.29) is 0 Å². The van der Waals surface area contributed by atoms with Crippen molar-refractivity contribution in [3.8, 4) is 0 Å². The maximum absolute atomic E-state index is 11.1. The summed E-state index contributed by atoms with van der Waals surface area (Å²) >= 11 is 0. The SMILES string of the molecule is CC(=O)N[C@@H]1C([C@H](O)[C@H](O)CO)O[C@](O)(C(=O)O)C[C@@H]1O. The lowest BCUT2D eigenvalue weighted by Gasteiger charge is -2.44. The summed E-state index contributed by atoms with van der Waals surface area (Å²) in [6.45, 7) is 0.256. The largest absolute Gasteiger partial charge is 0.477 e. The van der Waals surface area contributed by atoms with Crippen molar-refractivity contribution in [3.63, 3.8) is 0 Å². The lowest BCUT2D eigenvalue weighted by Crippen LogP contribution is -2.67. The Morgan fingerprint density at radius 2 is 2.00 bits per heavy atom. The number of ether oxygens (including phenoxy) is 1. The molecule has 1 saturated heterocycles. The number of carbonyl (C=O) groups excluding carboxylic acids is 1. The molecule has 1 aliphatic heterocycles. The zero-order valence-corrected chi connectivity index (χ0v) is 11.2. The van der Waals surface area contributed by atoms with Crippen LogP contribution in [0, 0.1) is 0 Å². The predicted octanol–water partition coefficient (Wildman–Crippen LogP) is -3.87. The van der Waals surface area contributed by atoms with E-state index in [0.717, 1.165) is 6.92 Å². The van der Waals surface area contributed by atoms with E-state index >= 15 is 0 Å². The predicted molar refractivity (Wildman–Crippen MR) is 64.8 cm³/mol. The van der Waals surface area contributed by atoms with Crippen LogP contribution < -0.4 is 5.32 Å². The Labute approximate surface area is 119 Å². The van der Waals surface area contributed by atoms with Crippen LogP contribution in [0.5, 0.6) is 0 Å². The minimum absolute atomic E-state index is 0.598. The highest BCUT2D eigenvalue weighted by Crippen LogP contribution is 2.30. The second-order valence-corrected chi connectivity index (χ2v) is 4.91. The van der Waals surface area contributed by atoms with Crippen LogP contribution in [0.2, 0.25) is 0 Å². The molecule has 0 bridgehead atoms. The smallest absolute Gasteiger partial charge is 0.364 e. The van der Waals surface area contributed by atoms with Crippen LogP contribution in [0.4, 0.5) is 0 Å². The van der Waals surface area contributed by atoms with Crippen molar-refractivity contribution in [1.29, 1.82) is 0 Å². The molecule has 1 rings (SSSR count). The van der Waals surface area contributed by atoms with E-state index in [2.05, 4.69) is 5.32 Å². The summed E-state index contributed by atoms with van der Waals surface area (Å²) in [6, 6.07) is -1.27. The van der Waals surface area contributed by atoms with Crippen LogP contribution in [0.1, 0.15) is 13.3 Å². The first-order chi connectivity index (χ1) is 9.62. The Balaban J connectivity index is 3.07. The molecule has 10 heteroatoms. The van der Waals surface area contributed by atoms with Crippen molar-refractivity contribution >= 4 is 11.9 Å². The molecule has 0 saturated carbocycles. The molecule has 1 unspecified atom stereocenters. The molecule has 1 heterocycles. The van der Waals surface area contributed by atoms with Crippen LogP contribution in [-0.2, 0) is 14.3 Å². The lowest BCUT2D eigenvalue weighted by atomic mass is 9.88. The summed E-state index contributed by atoms with van der Waals surface area (Å²) in [5, 5.41) is 59.0. The normalized spacial score (nSPS) is 35.8. The first-order valence-electron chi connectivity index (χ1n) is 6.18. The highest BCUT2D eigenvalue weighted by atomic mass is 16.7. The van der Waals surface area contributed by atoms with E-state index in [1.165, 1.54) is 0 Å². The third-order valence-corrected chi connectivity index (χ3v) is 3.21. The molecule has 0 spiro atoms. The van der Waals surface area contributed by atoms with Gasteiger partial charge in [-0.1, -0.05) is 0 Å². The van der Waals surface area contributed by atoms with Crippen LogP contribution in [-0.4, -0.2) is 85.4 Å². The summed E-state index contributed by atoms with van der Waals surface area (Å²) in [5.74, 6) is -5.17. The molecule has 1 amide bonds. The molecule has 0 aromatic rings. The number of carboxylic acid groups (broad SMARTS) is 1. The standard InChI is InChI=1S/C11H19NO9/c1-4(14)12-7-5(15)2-11(20,10(18)19)21-9(7)8(17)6(16)3-13/h5-9,13,15-17,20H,2-3H2,1H3,(H,12,14)(H,18,19)/t5-,6+,7-,8+,9?,11-/m0/s1. The molecule has 1 aliphatic rings. The van der Waals surface area contributed by atoms with Gasteiger partial charge in [-0.3, -0.25) is 4.79 Å². The third kappa shape index (κ3) is 3.87. The van der Waals surface area contributed by atoms with Crippen molar-refractivity contribution in [2.45, 2.75) is 49.6 Å². The van der Waals surface area contributed by atoms with Crippen LogP contribution >= 0.6 is 0 Å². The van der Waals surface area contributed by atoms with Gasteiger partial charge in [-0.2, -0.15) is 0 Å². The molecule has 0 aliphatic carbocycles. The summed E-state index contributed by atoms with van der Waals surface area (Å²) < 4.78 is 4.86. The van der Waals surface area contributed by atoms with Crippen molar-refractivity contribution in [2.24, 2.45) is 0 Å². The maximum Gasteiger partial charge on any atom is 0.364 e. The summed E-state index contributed by atoms with van der Waals surface area (Å²) in [6.07, 6.45) is -7.48. The molecule has 122 valence electrons. The molecule has 0 radical (unpaired) electrons. The van der Waals surface area contributed by atoms with Crippen LogP contribution in [0.3, 0.4) is 0 Å². The van der Waals surface area contributed by atoms with E-state index in [1.54, 1.807) is 0 Å². The van der Waals surface area contributed by atoms with Gasteiger partial charge in [-0.05, 0) is 0 Å². The molecule has 0 aromatic heterocycles. The minimum Gasteiger partial charge on any atom is -0.477 e. The summed E-state index contributed by atoms with van der Waals surface area (Å²) in [5.41, 5.74) is 0. The average Bonchev–Trinajstić information content (AvgIpc) is 2.39. The zero-order valence-electron chi connectivity index (χ0n) is 11.2. The lowest BCUT2D eigenvalue weighted by molar-refractivity contribution is -0.295. The molecule has 10 nitrogen and oxygen atoms in total. The summed E-state index contributed by atoms with van der Waals surface area (Å²) in [4.78, 5) is 22.1. The summed E-state index contributed by atoms with van der Waals surface area (Å²) in [7, 11) is 0. The molecule has 6 atom stereocenters. The molecule has 7 N–H and O–H groups in total. The van der Waals surface area contributed by atoms with E-state index in [0.29, 0.717) is 0 Å². The number of carboxylic acids is 1. The maximum atomic E-state index is 11.1. The Kier molecular flexibility index (Phi) is 5.61. The highest BCUT2D eigenvalue weighted by Gasteiger charge is 2.53. The van der Waals surface area contributed by atoms with Gasteiger partial charge in [-0.15, -0.1) is 0 Å². The number of aliphatic hydroxyl groups is 5. The topological polar surface area (TPSA) is 177 Å². The van der Waals surface area contributed by atoms with Crippen molar-refractivity contribution in [1.82, 2.24) is 5.32 Å². The first-order valence-corrected chi connectivity index (χ1v) is 6.18. The van der Waals surface area contributed by atoms with E-state index in [1.807, 2.05) is 0 Å². The Hall–Kier alpha value is -1.30. The molecular formula is C11H19NO9. The van der Waals surface area contributed by atoms with Gasteiger partial charge in [-0.25, -0.2) is 4.79 Å². The average molecular weight is 309 g/mol. The monoisotopic (exact) mass is 309 g/mol. The fourth-order valence-corrected chi connectivity index (χ4v) is 2.14. The Morgan fingerprint density at radius 3 is 2.43 bits per heavy atom. The third-order valence-electron chi connectivity index (χ3n) is 3.21. The van der Waals surface area contributed by atoms with Gasteiger partial charge in [0, 0.05) is 13.3 Å². The zero-order chi connectivity index (χ0) is 16.4. The van der Waals surface area contributed by atoms with Gasteiger partial charge in [0.1, 0.15) is 18.3 Å². The van der Waals surface area contributed by atoms with Crippen molar-refractivity contribution in [2.75, 3.05) is 6.61 Å². The van der Waals surface area contributed by atoms with Crippen LogP contribution in [0.15, 0.2) is 0 Å². The minimum atomic E-state index is -2.78. The number of nitrogens with one attached hydrogen (secondary N) is 1. The number of hydrogen-bond acceptors (Lipinski definition) is 8. The first kappa shape index (κ1) is 17.8. The number of aliphatic carboxylic acids is 1.